The molecule has 0 unspecified atom stereocenters. The number of anilines is 1. The predicted octanol–water partition coefficient (Wildman–Crippen LogP) is 4.67. The Bertz CT molecular complexity index is 1170. The van der Waals surface area contributed by atoms with Gasteiger partial charge in [0.2, 0.25) is 0 Å². The molecular weight excluding hydrogens is 466 g/mol. The van der Waals surface area contributed by atoms with E-state index >= 15 is 0 Å². The summed E-state index contributed by atoms with van der Waals surface area (Å²) in [5.74, 6) is -0.344. The van der Waals surface area contributed by atoms with Gasteiger partial charge in [-0.3, -0.25) is 9.69 Å². The van der Waals surface area contributed by atoms with Gasteiger partial charge in [0.1, 0.15) is 0 Å². The van der Waals surface area contributed by atoms with Crippen LogP contribution < -0.4 is 4.90 Å². The standard InChI is InChI=1S/C23H29N3O3S2.ClH/c1-5-17-12-13-19-20(16-17)30-23(24-19)26(15-14-25(6-2)7-3)22(27)18-10-8-9-11-21(18)31(4,28)29;/h8-13,16H,5-7,14-15H2,1-4H3;1H. The van der Waals surface area contributed by atoms with Crippen LogP contribution in [0.5, 0.6) is 0 Å². The van der Waals surface area contributed by atoms with Gasteiger partial charge in [-0.05, 0) is 49.3 Å². The van der Waals surface area contributed by atoms with Crippen molar-refractivity contribution < 1.29 is 13.2 Å². The zero-order chi connectivity index (χ0) is 22.6. The smallest absolute Gasteiger partial charge is 0.261 e. The Hall–Kier alpha value is -2.00. The summed E-state index contributed by atoms with van der Waals surface area (Å²) in [7, 11) is -3.54. The minimum absolute atomic E-state index is 0. The van der Waals surface area contributed by atoms with Crippen LogP contribution in [0, 0.1) is 0 Å². The van der Waals surface area contributed by atoms with Gasteiger partial charge in [-0.2, -0.15) is 0 Å². The second kappa shape index (κ2) is 11.2. The van der Waals surface area contributed by atoms with Crippen molar-refractivity contribution in [2.24, 2.45) is 0 Å². The fraction of sp³-hybridized carbons (Fsp3) is 0.391. The van der Waals surface area contributed by atoms with Crippen LogP contribution in [0.2, 0.25) is 0 Å². The number of amides is 1. The highest BCUT2D eigenvalue weighted by Gasteiger charge is 2.26. The lowest BCUT2D eigenvalue weighted by molar-refractivity contribution is 0.0980. The van der Waals surface area contributed by atoms with Gasteiger partial charge in [-0.15, -0.1) is 12.4 Å². The normalized spacial score (nSPS) is 11.5. The van der Waals surface area contributed by atoms with Crippen LogP contribution in [0.3, 0.4) is 0 Å². The minimum atomic E-state index is -3.54. The Labute approximate surface area is 200 Å². The highest BCUT2D eigenvalue weighted by atomic mass is 35.5. The van der Waals surface area contributed by atoms with Crippen molar-refractivity contribution in [2.75, 3.05) is 37.3 Å². The van der Waals surface area contributed by atoms with E-state index in [2.05, 4.69) is 31.7 Å². The SMILES string of the molecule is CCc1ccc2nc(N(CCN(CC)CC)C(=O)c3ccccc3S(C)(=O)=O)sc2c1.Cl. The molecule has 1 aromatic heterocycles. The molecule has 0 saturated carbocycles. The third-order valence-electron chi connectivity index (χ3n) is 5.38. The number of thiazole rings is 1. The molecule has 9 heteroatoms. The molecule has 174 valence electrons. The number of likely N-dealkylation sites (N-methyl/N-ethyl adjacent to an activating group) is 1. The summed E-state index contributed by atoms with van der Waals surface area (Å²) >= 11 is 1.46. The third-order valence-corrected chi connectivity index (χ3v) is 7.57. The number of aryl methyl sites for hydroxylation is 1. The average molecular weight is 496 g/mol. The molecule has 0 aliphatic heterocycles. The Morgan fingerprint density at radius 3 is 2.34 bits per heavy atom. The van der Waals surface area contributed by atoms with Gasteiger partial charge in [0.25, 0.3) is 5.91 Å². The van der Waals surface area contributed by atoms with Crippen LogP contribution in [0.25, 0.3) is 10.2 Å². The highest BCUT2D eigenvalue weighted by Crippen LogP contribution is 2.31. The van der Waals surface area contributed by atoms with E-state index in [9.17, 15) is 13.2 Å². The molecule has 1 heterocycles. The first-order valence-electron chi connectivity index (χ1n) is 10.5. The first kappa shape index (κ1) is 26.3. The van der Waals surface area contributed by atoms with Gasteiger partial charge in [0, 0.05) is 19.3 Å². The maximum Gasteiger partial charge on any atom is 0.261 e. The molecule has 0 fully saturated rings. The summed E-state index contributed by atoms with van der Waals surface area (Å²) in [6, 6.07) is 12.5. The predicted molar refractivity (Wildman–Crippen MR) is 135 cm³/mol. The molecule has 0 spiro atoms. The number of carbonyl (C=O) groups is 1. The summed E-state index contributed by atoms with van der Waals surface area (Å²) in [5, 5.41) is 0.587. The number of rotatable bonds is 9. The fourth-order valence-electron chi connectivity index (χ4n) is 3.47. The summed E-state index contributed by atoms with van der Waals surface area (Å²) in [5.41, 5.74) is 2.23. The van der Waals surface area contributed by atoms with E-state index in [1.807, 2.05) is 12.1 Å². The Kier molecular flexibility index (Phi) is 9.21. The Morgan fingerprint density at radius 2 is 1.72 bits per heavy atom. The van der Waals surface area contributed by atoms with Crippen LogP contribution in [-0.2, 0) is 16.3 Å². The molecule has 0 atom stereocenters. The van der Waals surface area contributed by atoms with Gasteiger partial charge in [0.15, 0.2) is 15.0 Å². The van der Waals surface area contributed by atoms with Crippen LogP contribution in [-0.4, -0.2) is 56.6 Å². The van der Waals surface area contributed by atoms with Crippen molar-refractivity contribution >= 4 is 54.8 Å². The second-order valence-electron chi connectivity index (χ2n) is 7.40. The van der Waals surface area contributed by atoms with E-state index in [4.69, 9.17) is 4.98 Å². The molecule has 2 aromatic carbocycles. The lowest BCUT2D eigenvalue weighted by atomic mass is 10.2. The first-order valence-corrected chi connectivity index (χ1v) is 13.2. The number of nitrogens with zero attached hydrogens (tertiary/aromatic N) is 3. The zero-order valence-electron chi connectivity index (χ0n) is 18.9. The molecule has 3 aromatic rings. The van der Waals surface area contributed by atoms with Crippen molar-refractivity contribution in [2.45, 2.75) is 32.1 Å². The van der Waals surface area contributed by atoms with Crippen molar-refractivity contribution in [1.82, 2.24) is 9.88 Å². The lowest BCUT2D eigenvalue weighted by Crippen LogP contribution is -2.39. The van der Waals surface area contributed by atoms with Crippen LogP contribution in [0.4, 0.5) is 5.13 Å². The number of fused-ring (bicyclic) bond motifs is 1. The van der Waals surface area contributed by atoms with Gasteiger partial charge in [0.05, 0.1) is 20.7 Å². The van der Waals surface area contributed by atoms with Crippen molar-refractivity contribution in [3.05, 3.63) is 53.6 Å². The molecule has 6 nitrogen and oxygen atoms in total. The van der Waals surface area contributed by atoms with E-state index in [0.29, 0.717) is 18.2 Å². The molecule has 0 radical (unpaired) electrons. The molecule has 0 N–H and O–H groups in total. The number of sulfone groups is 1. The van der Waals surface area contributed by atoms with E-state index in [1.165, 1.54) is 23.0 Å². The molecule has 0 saturated heterocycles. The molecular formula is C23H30ClN3O3S2. The topological polar surface area (TPSA) is 70.6 Å². The Morgan fingerprint density at radius 1 is 1.03 bits per heavy atom. The van der Waals surface area contributed by atoms with Crippen LogP contribution in [0.1, 0.15) is 36.7 Å². The number of halogens is 1. The summed E-state index contributed by atoms with van der Waals surface area (Å²) < 4.78 is 25.6. The van der Waals surface area contributed by atoms with Crippen molar-refractivity contribution in [3.63, 3.8) is 0 Å². The highest BCUT2D eigenvalue weighted by molar-refractivity contribution is 7.90. The fourth-order valence-corrected chi connectivity index (χ4v) is 5.40. The van der Waals surface area contributed by atoms with E-state index in [1.54, 1.807) is 23.1 Å². The minimum Gasteiger partial charge on any atom is -0.302 e. The monoisotopic (exact) mass is 495 g/mol. The number of carbonyl (C=O) groups excluding carboxylic acids is 1. The molecule has 1 amide bonds. The Balaban J connectivity index is 0.00000363. The third kappa shape index (κ3) is 5.86. The number of hydrogen-bond acceptors (Lipinski definition) is 6. The van der Waals surface area contributed by atoms with Crippen LogP contribution in [0.15, 0.2) is 47.4 Å². The van der Waals surface area contributed by atoms with Crippen molar-refractivity contribution in [1.29, 1.82) is 0 Å². The molecule has 0 bridgehead atoms. The van der Waals surface area contributed by atoms with Crippen LogP contribution >= 0.6 is 23.7 Å². The van der Waals surface area contributed by atoms with Gasteiger partial charge >= 0.3 is 0 Å². The second-order valence-corrected chi connectivity index (χ2v) is 10.4. The number of aromatic nitrogens is 1. The summed E-state index contributed by atoms with van der Waals surface area (Å²) in [6.45, 7) is 9.12. The van der Waals surface area contributed by atoms with Crippen molar-refractivity contribution in [3.8, 4) is 0 Å². The van der Waals surface area contributed by atoms with E-state index in [0.717, 1.165) is 36.0 Å². The maximum absolute atomic E-state index is 13.6. The van der Waals surface area contributed by atoms with E-state index in [-0.39, 0.29) is 28.8 Å². The molecule has 0 aliphatic carbocycles. The number of benzene rings is 2. The lowest BCUT2D eigenvalue weighted by Gasteiger charge is -2.25. The molecule has 0 aliphatic rings. The maximum atomic E-state index is 13.6. The summed E-state index contributed by atoms with van der Waals surface area (Å²) in [6.07, 6.45) is 2.05. The quantitative estimate of drug-likeness (QED) is 0.431. The average Bonchev–Trinajstić information content (AvgIpc) is 3.18. The number of hydrogen-bond donors (Lipinski definition) is 0. The first-order chi connectivity index (χ1) is 14.8. The summed E-state index contributed by atoms with van der Waals surface area (Å²) in [4.78, 5) is 22.2. The molecule has 3 rings (SSSR count). The van der Waals surface area contributed by atoms with Gasteiger partial charge in [-0.25, -0.2) is 13.4 Å². The van der Waals surface area contributed by atoms with Gasteiger partial charge in [-0.1, -0.05) is 50.3 Å². The zero-order valence-corrected chi connectivity index (χ0v) is 21.3. The van der Waals surface area contributed by atoms with E-state index < -0.39 is 9.84 Å². The van der Waals surface area contributed by atoms with Gasteiger partial charge < -0.3 is 4.90 Å². The largest absolute Gasteiger partial charge is 0.302 e. The molecule has 32 heavy (non-hydrogen) atoms.